The van der Waals surface area contributed by atoms with Gasteiger partial charge in [-0.3, -0.25) is 14.5 Å². The number of hydrogen-bond acceptors (Lipinski definition) is 5. The molecule has 3 rings (SSSR count). The Morgan fingerprint density at radius 3 is 2.41 bits per heavy atom. The molecule has 2 fully saturated rings. The fourth-order valence-corrected chi connectivity index (χ4v) is 4.12. The summed E-state index contributed by atoms with van der Waals surface area (Å²) < 4.78 is 10.3. The van der Waals surface area contributed by atoms with Crippen LogP contribution in [-0.4, -0.2) is 61.6 Å². The summed E-state index contributed by atoms with van der Waals surface area (Å²) in [4.78, 5) is 28.8. The van der Waals surface area contributed by atoms with Gasteiger partial charge < -0.3 is 14.4 Å². The van der Waals surface area contributed by atoms with E-state index in [1.807, 2.05) is 24.0 Å². The van der Waals surface area contributed by atoms with Crippen molar-refractivity contribution in [2.24, 2.45) is 5.92 Å². The molecule has 0 aliphatic carbocycles. The Labute approximate surface area is 161 Å². The number of benzene rings is 1. The summed E-state index contributed by atoms with van der Waals surface area (Å²) in [7, 11) is 1.67. The van der Waals surface area contributed by atoms with Crippen LogP contribution in [0.4, 0.5) is 0 Å². The molecule has 0 bridgehead atoms. The highest BCUT2D eigenvalue weighted by molar-refractivity contribution is 5.79. The van der Waals surface area contributed by atoms with Crippen LogP contribution in [0.1, 0.15) is 44.2 Å². The molecule has 6 heteroatoms. The van der Waals surface area contributed by atoms with Crippen LogP contribution in [0.3, 0.4) is 0 Å². The van der Waals surface area contributed by atoms with E-state index < -0.39 is 0 Å². The minimum absolute atomic E-state index is 0.0622. The number of carbonyl (C=O) groups excluding carboxylic acids is 2. The van der Waals surface area contributed by atoms with Crippen molar-refractivity contribution in [1.29, 1.82) is 0 Å². The summed E-state index contributed by atoms with van der Waals surface area (Å²) in [6.07, 6.45) is 3.58. The number of nitrogens with zero attached hydrogens (tertiary/aromatic N) is 2. The lowest BCUT2D eigenvalue weighted by Crippen LogP contribution is -2.45. The van der Waals surface area contributed by atoms with Crippen molar-refractivity contribution in [3.05, 3.63) is 29.8 Å². The van der Waals surface area contributed by atoms with Crippen LogP contribution in [0.25, 0.3) is 0 Å². The van der Waals surface area contributed by atoms with Crippen LogP contribution in [0, 0.1) is 5.92 Å². The maximum Gasteiger partial charge on any atom is 0.309 e. The molecule has 0 aromatic heterocycles. The van der Waals surface area contributed by atoms with Gasteiger partial charge in [0.1, 0.15) is 5.75 Å². The van der Waals surface area contributed by atoms with Crippen molar-refractivity contribution in [2.45, 2.75) is 38.6 Å². The Balaban J connectivity index is 1.53. The number of methoxy groups -OCH3 is 1. The van der Waals surface area contributed by atoms with E-state index in [1.165, 1.54) is 5.56 Å². The second kappa shape index (κ2) is 9.22. The normalized spacial score (nSPS) is 21.3. The average Bonchev–Trinajstić information content (AvgIpc) is 3.16. The average molecular weight is 374 g/mol. The van der Waals surface area contributed by atoms with Gasteiger partial charge in [-0.25, -0.2) is 0 Å². The first-order valence-corrected chi connectivity index (χ1v) is 9.94. The lowest BCUT2D eigenvalue weighted by molar-refractivity contribution is -0.151. The van der Waals surface area contributed by atoms with E-state index in [-0.39, 0.29) is 23.8 Å². The molecule has 2 saturated heterocycles. The molecule has 6 nitrogen and oxygen atoms in total. The van der Waals surface area contributed by atoms with Crippen LogP contribution < -0.4 is 4.74 Å². The van der Waals surface area contributed by atoms with Gasteiger partial charge in [0.2, 0.25) is 5.91 Å². The topological polar surface area (TPSA) is 59.1 Å². The molecule has 2 heterocycles. The first-order chi connectivity index (χ1) is 13.1. The van der Waals surface area contributed by atoms with Gasteiger partial charge in [0.15, 0.2) is 0 Å². The highest BCUT2D eigenvalue weighted by Gasteiger charge is 2.32. The smallest absolute Gasteiger partial charge is 0.309 e. The van der Waals surface area contributed by atoms with E-state index >= 15 is 0 Å². The molecule has 148 valence electrons. The zero-order valence-electron chi connectivity index (χ0n) is 16.4. The summed E-state index contributed by atoms with van der Waals surface area (Å²) in [5.74, 6) is 0.832. The van der Waals surface area contributed by atoms with Crippen molar-refractivity contribution in [1.82, 2.24) is 9.80 Å². The zero-order valence-corrected chi connectivity index (χ0v) is 16.4. The second-order valence-corrected chi connectivity index (χ2v) is 7.31. The third kappa shape index (κ3) is 4.80. The fraction of sp³-hybridized carbons (Fsp3) is 0.619. The number of ether oxygens (including phenoxy) is 2. The largest absolute Gasteiger partial charge is 0.497 e. The van der Waals surface area contributed by atoms with E-state index in [4.69, 9.17) is 9.47 Å². The molecule has 2 aliphatic heterocycles. The Hall–Kier alpha value is -2.08. The van der Waals surface area contributed by atoms with Crippen molar-refractivity contribution < 1.29 is 19.1 Å². The fourth-order valence-electron chi connectivity index (χ4n) is 4.12. The maximum absolute atomic E-state index is 12.8. The number of amides is 1. The minimum Gasteiger partial charge on any atom is -0.497 e. The molecule has 0 radical (unpaired) electrons. The van der Waals surface area contributed by atoms with E-state index in [0.717, 1.165) is 25.1 Å². The highest BCUT2D eigenvalue weighted by Crippen LogP contribution is 2.32. The van der Waals surface area contributed by atoms with Crippen LogP contribution in [0.15, 0.2) is 24.3 Å². The molecule has 1 amide bonds. The summed E-state index contributed by atoms with van der Waals surface area (Å²) in [5.41, 5.74) is 1.24. The number of carbonyl (C=O) groups is 2. The Kier molecular flexibility index (Phi) is 6.72. The molecule has 2 aliphatic rings. The number of rotatable bonds is 6. The molecule has 0 N–H and O–H groups in total. The third-order valence-corrected chi connectivity index (χ3v) is 5.67. The van der Waals surface area contributed by atoms with Gasteiger partial charge in [0, 0.05) is 19.1 Å². The van der Waals surface area contributed by atoms with E-state index in [2.05, 4.69) is 17.0 Å². The Morgan fingerprint density at radius 2 is 1.78 bits per heavy atom. The van der Waals surface area contributed by atoms with E-state index in [9.17, 15) is 9.59 Å². The quantitative estimate of drug-likeness (QED) is 0.717. The Morgan fingerprint density at radius 1 is 1.07 bits per heavy atom. The summed E-state index contributed by atoms with van der Waals surface area (Å²) >= 11 is 0. The SMILES string of the molecule is CCOC(=O)C1CCN(C(=O)CN2CCCC2c2ccc(OC)cc2)CC1. The summed E-state index contributed by atoms with van der Waals surface area (Å²) in [6.45, 7) is 4.92. The number of piperidine rings is 1. The monoisotopic (exact) mass is 374 g/mol. The molecule has 1 aromatic carbocycles. The van der Waals surface area contributed by atoms with Gasteiger partial charge in [-0.1, -0.05) is 12.1 Å². The van der Waals surface area contributed by atoms with Crippen molar-refractivity contribution >= 4 is 11.9 Å². The molecule has 1 atom stereocenters. The van der Waals surface area contributed by atoms with Gasteiger partial charge in [-0.15, -0.1) is 0 Å². The maximum atomic E-state index is 12.8. The number of esters is 1. The summed E-state index contributed by atoms with van der Waals surface area (Å²) in [6, 6.07) is 8.44. The minimum atomic E-state index is -0.122. The lowest BCUT2D eigenvalue weighted by atomic mass is 9.97. The lowest BCUT2D eigenvalue weighted by Gasteiger charge is -2.33. The van der Waals surface area contributed by atoms with Crippen molar-refractivity contribution in [3.8, 4) is 5.75 Å². The Bertz CT molecular complexity index is 638. The van der Waals surface area contributed by atoms with Gasteiger partial charge in [-0.2, -0.15) is 0 Å². The second-order valence-electron chi connectivity index (χ2n) is 7.31. The van der Waals surface area contributed by atoms with Gasteiger partial charge in [0.25, 0.3) is 0 Å². The number of likely N-dealkylation sites (tertiary alicyclic amines) is 2. The van der Waals surface area contributed by atoms with Crippen LogP contribution in [-0.2, 0) is 14.3 Å². The molecule has 1 unspecified atom stereocenters. The molecule has 0 saturated carbocycles. The van der Waals surface area contributed by atoms with Gasteiger partial charge in [0.05, 0.1) is 26.2 Å². The molecule has 0 spiro atoms. The van der Waals surface area contributed by atoms with Crippen LogP contribution in [0.5, 0.6) is 5.75 Å². The molecular formula is C21H30N2O4. The summed E-state index contributed by atoms with van der Waals surface area (Å²) in [5, 5.41) is 0. The number of hydrogen-bond donors (Lipinski definition) is 0. The van der Waals surface area contributed by atoms with E-state index in [0.29, 0.717) is 39.1 Å². The van der Waals surface area contributed by atoms with Gasteiger partial charge >= 0.3 is 5.97 Å². The van der Waals surface area contributed by atoms with Crippen molar-refractivity contribution in [3.63, 3.8) is 0 Å². The standard InChI is InChI=1S/C21H30N2O4/c1-3-27-21(25)17-10-13-22(14-11-17)20(24)15-23-12-4-5-19(23)16-6-8-18(26-2)9-7-16/h6-9,17,19H,3-5,10-15H2,1-2H3. The highest BCUT2D eigenvalue weighted by atomic mass is 16.5. The first-order valence-electron chi connectivity index (χ1n) is 9.94. The van der Waals surface area contributed by atoms with Crippen molar-refractivity contribution in [2.75, 3.05) is 39.9 Å². The molecule has 1 aromatic rings. The van der Waals surface area contributed by atoms with Crippen LogP contribution >= 0.6 is 0 Å². The predicted molar refractivity (Wildman–Crippen MR) is 102 cm³/mol. The van der Waals surface area contributed by atoms with Gasteiger partial charge in [-0.05, 0) is 56.8 Å². The first kappa shape index (κ1) is 19.7. The molecular weight excluding hydrogens is 344 g/mol. The third-order valence-electron chi connectivity index (χ3n) is 5.67. The zero-order chi connectivity index (χ0) is 19.2. The predicted octanol–water partition coefficient (Wildman–Crippen LogP) is 2.63. The van der Waals surface area contributed by atoms with E-state index in [1.54, 1.807) is 7.11 Å². The molecule has 27 heavy (non-hydrogen) atoms. The van der Waals surface area contributed by atoms with Crippen LogP contribution in [0.2, 0.25) is 0 Å².